The highest BCUT2D eigenvalue weighted by Gasteiger charge is 2.51. The Morgan fingerprint density at radius 1 is 1.08 bits per heavy atom. The van der Waals surface area contributed by atoms with Gasteiger partial charge in [0.15, 0.2) is 0 Å². The van der Waals surface area contributed by atoms with Gasteiger partial charge in [0.1, 0.15) is 36.4 Å². The first-order valence-electron chi connectivity index (χ1n) is 21.6. The highest BCUT2D eigenvalue weighted by molar-refractivity contribution is 7.28. The Labute approximate surface area is 376 Å². The summed E-state index contributed by atoms with van der Waals surface area (Å²) in [6.45, 7) is 17.2. The van der Waals surface area contributed by atoms with Crippen molar-refractivity contribution in [1.82, 2.24) is 24.8 Å². The molecule has 336 valence electrons. The Kier molecular flexibility index (Phi) is 13.8. The van der Waals surface area contributed by atoms with Crippen LogP contribution < -0.4 is 20.3 Å². The number of phenolic OH excluding ortho intramolecular Hbond substituents is 1. The quantitative estimate of drug-likeness (QED) is 0.0624. The molecule has 5 unspecified atom stereocenters. The number of fused-ring (bicyclic) bond motifs is 5. The number of pyridine rings is 1. The van der Waals surface area contributed by atoms with Crippen molar-refractivity contribution in [3.05, 3.63) is 84.3 Å². The minimum Gasteiger partial charge on any atom is -0.508 e. The van der Waals surface area contributed by atoms with E-state index < -0.39 is 11.4 Å². The number of ether oxygens (including phenoxy) is 2. The Bertz CT molecular complexity index is 2570. The number of halogens is 1. The number of carbonyl (C=O) groups is 2. The van der Waals surface area contributed by atoms with Crippen molar-refractivity contribution in [1.29, 1.82) is 0 Å². The van der Waals surface area contributed by atoms with Crippen LogP contribution in [0.15, 0.2) is 72.9 Å². The molecule has 15 heteroatoms. The number of phenols is 1. The number of anilines is 2. The molecule has 4 saturated heterocycles. The summed E-state index contributed by atoms with van der Waals surface area (Å²) in [5.74, 6) is 3.07. The number of aromatic hydroxyl groups is 1. The standard InChI is InChI=1S/C40H44FN6O4P.C8H11NO.CH2O/c1-6-28-31(41)13-10-24-8-7-9-29(32(24)28)33-35(52)34-30(17-42-33)36(45-19-25-11-12-26(20-45)47(25)38(49)51-39(3,4)5)44-37(43-34)50-22-40-15-14-27(21-48)46(40)18-23(2)16-40;1-2-9-7-3-5-8(10)6-4-7;1-2/h1,7-10,13,17,25-27,48H,2,11-12,14-16,18-22,52H2,3-5H3;3-6,9-10H,2H2,1H3;1H2. The van der Waals surface area contributed by atoms with Crippen molar-refractivity contribution >= 4 is 60.6 Å². The molecule has 6 heterocycles. The number of hydrogen-bond donors (Lipinski definition) is 3. The zero-order valence-electron chi connectivity index (χ0n) is 36.9. The lowest BCUT2D eigenvalue weighted by atomic mass is 9.94. The molecule has 13 nitrogen and oxygen atoms in total. The van der Waals surface area contributed by atoms with Crippen molar-refractivity contribution in [3.8, 4) is 35.4 Å². The van der Waals surface area contributed by atoms with Crippen LogP contribution in [-0.2, 0) is 9.53 Å². The number of aliphatic hydroxyl groups excluding tert-OH is 1. The molecular formula is C49H57FN7O6P. The molecule has 3 aromatic carbocycles. The zero-order valence-corrected chi connectivity index (χ0v) is 38.1. The molecule has 4 aliphatic rings. The second-order valence-corrected chi connectivity index (χ2v) is 18.4. The second kappa shape index (κ2) is 19.1. The fourth-order valence-electron chi connectivity index (χ4n) is 9.72. The summed E-state index contributed by atoms with van der Waals surface area (Å²) in [5.41, 5.74) is 3.42. The normalized spacial score (nSPS) is 21.4. The van der Waals surface area contributed by atoms with Gasteiger partial charge in [-0.05, 0) is 95.5 Å². The molecule has 0 aliphatic carbocycles. The maximum absolute atomic E-state index is 15.0. The first-order valence-corrected chi connectivity index (χ1v) is 22.2. The van der Waals surface area contributed by atoms with Crippen LogP contribution in [0.3, 0.4) is 0 Å². The van der Waals surface area contributed by atoms with E-state index in [1.807, 2.05) is 69.7 Å². The monoisotopic (exact) mass is 889 g/mol. The van der Waals surface area contributed by atoms with E-state index in [4.69, 9.17) is 40.8 Å². The van der Waals surface area contributed by atoms with Crippen LogP contribution in [0.1, 0.15) is 65.4 Å². The molecule has 4 fully saturated rings. The molecule has 5 atom stereocenters. The molecule has 0 radical (unpaired) electrons. The molecule has 9 rings (SSSR count). The number of piperazine rings is 1. The van der Waals surface area contributed by atoms with Crippen molar-refractivity contribution in [3.63, 3.8) is 0 Å². The van der Waals surface area contributed by atoms with E-state index in [0.717, 1.165) is 67.2 Å². The highest BCUT2D eigenvalue weighted by Crippen LogP contribution is 2.45. The lowest BCUT2D eigenvalue weighted by Crippen LogP contribution is -2.57. The molecule has 5 aromatic rings. The molecular weight excluding hydrogens is 833 g/mol. The molecule has 0 saturated carbocycles. The van der Waals surface area contributed by atoms with Crippen LogP contribution in [0.25, 0.3) is 32.9 Å². The summed E-state index contributed by atoms with van der Waals surface area (Å²) >= 11 is 0. The summed E-state index contributed by atoms with van der Waals surface area (Å²) in [4.78, 5) is 42.8. The van der Waals surface area contributed by atoms with Crippen LogP contribution in [0.4, 0.5) is 20.7 Å². The van der Waals surface area contributed by atoms with E-state index in [1.54, 1.807) is 24.4 Å². The Hall–Kier alpha value is -5.87. The minimum atomic E-state index is -0.588. The predicted molar refractivity (Wildman–Crippen MR) is 253 cm³/mol. The van der Waals surface area contributed by atoms with E-state index in [2.05, 4.69) is 36.9 Å². The average molecular weight is 890 g/mol. The Balaban J connectivity index is 0.000000448. The van der Waals surface area contributed by atoms with Gasteiger partial charge in [0.2, 0.25) is 0 Å². The number of aliphatic hydroxyl groups is 1. The van der Waals surface area contributed by atoms with Gasteiger partial charge >= 0.3 is 12.1 Å². The molecule has 1 amide bonds. The molecule has 64 heavy (non-hydrogen) atoms. The van der Waals surface area contributed by atoms with Crippen molar-refractivity contribution < 1.29 is 33.7 Å². The summed E-state index contributed by atoms with van der Waals surface area (Å²) in [5, 5.41) is 25.0. The minimum absolute atomic E-state index is 0.0377. The van der Waals surface area contributed by atoms with Crippen LogP contribution in [-0.4, -0.2) is 117 Å². The number of carbonyl (C=O) groups excluding carboxylic acids is 2. The van der Waals surface area contributed by atoms with Crippen molar-refractivity contribution in [2.45, 2.75) is 89.1 Å². The van der Waals surface area contributed by atoms with Gasteiger partial charge < -0.3 is 34.7 Å². The summed E-state index contributed by atoms with van der Waals surface area (Å²) in [7, 11) is 2.80. The SMILES string of the molecule is C#Cc1c(F)ccc2cccc(-c3ncc4c(N5CC6CCC(C5)N6C(=O)OC(C)(C)C)nc(OCC56CCC(CO)N5CC(=C)C6)nc4c3P)c12.C=O.CCNc1ccc(O)cc1. The zero-order chi connectivity index (χ0) is 45.9. The third-order valence-electron chi connectivity index (χ3n) is 12.4. The van der Waals surface area contributed by atoms with E-state index in [-0.39, 0.29) is 47.9 Å². The second-order valence-electron chi connectivity index (χ2n) is 17.8. The van der Waals surface area contributed by atoms with Gasteiger partial charge in [0, 0.05) is 60.4 Å². The fraction of sp³-hybridized carbons (Fsp3) is 0.408. The van der Waals surface area contributed by atoms with Gasteiger partial charge in [-0.15, -0.1) is 15.7 Å². The van der Waals surface area contributed by atoms with Gasteiger partial charge in [0.25, 0.3) is 0 Å². The highest BCUT2D eigenvalue weighted by atomic mass is 31.0. The van der Waals surface area contributed by atoms with E-state index in [0.29, 0.717) is 58.7 Å². The fourth-order valence-corrected chi connectivity index (χ4v) is 10.2. The van der Waals surface area contributed by atoms with Crippen molar-refractivity contribution in [2.75, 3.05) is 49.6 Å². The van der Waals surface area contributed by atoms with Gasteiger partial charge in [-0.1, -0.05) is 42.3 Å². The lowest BCUT2D eigenvalue weighted by Gasteiger charge is -2.42. The third kappa shape index (κ3) is 9.21. The van der Waals surface area contributed by atoms with Gasteiger partial charge in [-0.3, -0.25) is 14.8 Å². The number of hydrogen-bond acceptors (Lipinski definition) is 12. The molecule has 2 bridgehead atoms. The van der Waals surface area contributed by atoms with Gasteiger partial charge in [-0.25, -0.2) is 9.18 Å². The number of aromatic nitrogens is 3. The predicted octanol–water partition coefficient (Wildman–Crippen LogP) is 7.23. The van der Waals surface area contributed by atoms with Gasteiger partial charge in [0.05, 0.1) is 46.4 Å². The number of benzene rings is 3. The third-order valence-corrected chi connectivity index (χ3v) is 13.0. The Morgan fingerprint density at radius 3 is 2.45 bits per heavy atom. The molecule has 4 aliphatic heterocycles. The van der Waals surface area contributed by atoms with Gasteiger partial charge in [-0.2, -0.15) is 9.97 Å². The van der Waals surface area contributed by atoms with Crippen LogP contribution in [0.2, 0.25) is 0 Å². The molecule has 2 aromatic heterocycles. The largest absolute Gasteiger partial charge is 0.508 e. The number of nitrogens with one attached hydrogen (secondary N) is 1. The Morgan fingerprint density at radius 2 is 1.80 bits per heavy atom. The molecule has 3 N–H and O–H groups in total. The maximum atomic E-state index is 15.0. The number of amides is 1. The lowest BCUT2D eigenvalue weighted by molar-refractivity contribution is -0.0980. The summed E-state index contributed by atoms with van der Waals surface area (Å²) < 4.78 is 27.4. The maximum Gasteiger partial charge on any atom is 0.410 e. The average Bonchev–Trinajstić information content (AvgIpc) is 3.88. The van der Waals surface area contributed by atoms with Crippen LogP contribution >= 0.6 is 9.24 Å². The first-order chi connectivity index (χ1) is 30.7. The first kappa shape index (κ1) is 46.1. The smallest absolute Gasteiger partial charge is 0.410 e. The number of rotatable bonds is 8. The summed E-state index contributed by atoms with van der Waals surface area (Å²) in [6, 6.07) is 16.1. The van der Waals surface area contributed by atoms with Crippen LogP contribution in [0.5, 0.6) is 11.8 Å². The van der Waals surface area contributed by atoms with E-state index in [9.17, 15) is 9.90 Å². The van der Waals surface area contributed by atoms with Crippen molar-refractivity contribution in [2.24, 2.45) is 0 Å². The van der Waals surface area contributed by atoms with E-state index in [1.165, 1.54) is 6.07 Å². The topological polar surface area (TPSA) is 153 Å². The summed E-state index contributed by atoms with van der Waals surface area (Å²) in [6.07, 6.45) is 11.6. The number of terminal acetylenes is 1. The van der Waals surface area contributed by atoms with Crippen LogP contribution in [0, 0.1) is 18.2 Å². The molecule has 0 spiro atoms. The number of nitrogens with zero attached hydrogens (tertiary/aromatic N) is 6. The van der Waals surface area contributed by atoms with E-state index >= 15 is 4.39 Å².